The molecule has 8 nitrogen and oxygen atoms in total. The summed E-state index contributed by atoms with van der Waals surface area (Å²) in [5.41, 5.74) is 0.837. The number of pyridine rings is 1. The SMILES string of the molecule is Cc1ncccc1O[C@H]1CO[C@H]2[C@@H]1OC[C@@H]2NC(=O)NC1CCCNC1. The fourth-order valence-corrected chi connectivity index (χ4v) is 3.82. The van der Waals surface area contributed by atoms with E-state index < -0.39 is 0 Å². The highest BCUT2D eigenvalue weighted by molar-refractivity contribution is 5.74. The first-order chi connectivity index (χ1) is 12.7. The molecule has 0 radical (unpaired) electrons. The summed E-state index contributed by atoms with van der Waals surface area (Å²) in [5, 5.41) is 9.31. The number of urea groups is 1. The Morgan fingerprint density at radius 3 is 3.00 bits per heavy atom. The molecular weight excluding hydrogens is 336 g/mol. The zero-order chi connectivity index (χ0) is 17.9. The molecule has 1 aromatic heterocycles. The quantitative estimate of drug-likeness (QED) is 0.716. The van der Waals surface area contributed by atoms with Crippen molar-refractivity contribution in [3.63, 3.8) is 0 Å². The predicted molar refractivity (Wildman–Crippen MR) is 94.2 cm³/mol. The van der Waals surface area contributed by atoms with Crippen LogP contribution in [0.25, 0.3) is 0 Å². The first kappa shape index (κ1) is 17.5. The van der Waals surface area contributed by atoms with Crippen LogP contribution in [-0.2, 0) is 9.47 Å². The number of aromatic nitrogens is 1. The number of fused-ring (bicyclic) bond motifs is 1. The number of carbonyl (C=O) groups is 1. The van der Waals surface area contributed by atoms with E-state index in [1.807, 2.05) is 19.1 Å². The largest absolute Gasteiger partial charge is 0.483 e. The molecule has 0 saturated carbocycles. The predicted octanol–water partition coefficient (Wildman–Crippen LogP) is 0.355. The Kier molecular flexibility index (Phi) is 5.23. The van der Waals surface area contributed by atoms with Gasteiger partial charge in [0.2, 0.25) is 0 Å². The minimum Gasteiger partial charge on any atom is -0.483 e. The van der Waals surface area contributed by atoms with E-state index in [9.17, 15) is 4.79 Å². The highest BCUT2D eigenvalue weighted by Crippen LogP contribution is 2.30. The van der Waals surface area contributed by atoms with Crippen molar-refractivity contribution in [2.24, 2.45) is 0 Å². The highest BCUT2D eigenvalue weighted by Gasteiger charge is 2.49. The van der Waals surface area contributed by atoms with E-state index in [0.717, 1.165) is 37.4 Å². The average molecular weight is 362 g/mol. The number of hydrogen-bond donors (Lipinski definition) is 3. The van der Waals surface area contributed by atoms with Crippen molar-refractivity contribution >= 4 is 6.03 Å². The number of ether oxygens (including phenoxy) is 3. The monoisotopic (exact) mass is 362 g/mol. The van der Waals surface area contributed by atoms with Crippen LogP contribution in [0.2, 0.25) is 0 Å². The summed E-state index contributed by atoms with van der Waals surface area (Å²) in [6.45, 7) is 4.61. The Morgan fingerprint density at radius 1 is 1.31 bits per heavy atom. The van der Waals surface area contributed by atoms with E-state index in [-0.39, 0.29) is 36.4 Å². The van der Waals surface area contributed by atoms with E-state index in [4.69, 9.17) is 14.2 Å². The van der Waals surface area contributed by atoms with E-state index in [0.29, 0.717) is 13.2 Å². The number of hydrogen-bond acceptors (Lipinski definition) is 6. The molecule has 1 aromatic rings. The highest BCUT2D eigenvalue weighted by atomic mass is 16.6. The lowest BCUT2D eigenvalue weighted by Crippen LogP contribution is -2.53. The summed E-state index contributed by atoms with van der Waals surface area (Å²) >= 11 is 0. The van der Waals surface area contributed by atoms with Gasteiger partial charge in [0.1, 0.15) is 18.0 Å². The van der Waals surface area contributed by atoms with E-state index in [1.165, 1.54) is 0 Å². The summed E-state index contributed by atoms with van der Waals surface area (Å²) in [7, 11) is 0. The summed E-state index contributed by atoms with van der Waals surface area (Å²) in [4.78, 5) is 16.5. The molecule has 3 saturated heterocycles. The molecule has 0 spiro atoms. The lowest BCUT2D eigenvalue weighted by atomic mass is 10.1. The molecular formula is C18H26N4O4. The third kappa shape index (κ3) is 3.77. The second-order valence-electron chi connectivity index (χ2n) is 7.11. The topological polar surface area (TPSA) is 93.7 Å². The summed E-state index contributed by atoms with van der Waals surface area (Å²) in [6.07, 6.45) is 3.26. The molecule has 3 aliphatic heterocycles. The first-order valence-corrected chi connectivity index (χ1v) is 9.30. The molecule has 142 valence electrons. The fourth-order valence-electron chi connectivity index (χ4n) is 3.82. The zero-order valence-electron chi connectivity index (χ0n) is 14.9. The molecule has 1 unspecified atom stereocenters. The van der Waals surface area contributed by atoms with Gasteiger partial charge in [-0.25, -0.2) is 4.79 Å². The van der Waals surface area contributed by atoms with E-state index in [2.05, 4.69) is 20.9 Å². The number of amides is 2. The van der Waals surface area contributed by atoms with Crippen molar-refractivity contribution in [3.8, 4) is 5.75 Å². The molecule has 4 rings (SSSR count). The van der Waals surface area contributed by atoms with Crippen LogP contribution in [0, 0.1) is 6.92 Å². The molecule has 0 aliphatic carbocycles. The Labute approximate surface area is 153 Å². The Balaban J connectivity index is 1.30. The van der Waals surface area contributed by atoms with Gasteiger partial charge in [0.05, 0.1) is 24.9 Å². The molecule has 2 amide bonds. The smallest absolute Gasteiger partial charge is 0.315 e. The first-order valence-electron chi connectivity index (χ1n) is 9.30. The van der Waals surface area contributed by atoms with E-state index in [1.54, 1.807) is 6.20 Å². The van der Waals surface area contributed by atoms with Crippen LogP contribution < -0.4 is 20.7 Å². The van der Waals surface area contributed by atoms with Gasteiger partial charge < -0.3 is 30.2 Å². The summed E-state index contributed by atoms with van der Waals surface area (Å²) < 4.78 is 17.8. The molecule has 5 atom stereocenters. The minimum atomic E-state index is -0.194. The number of aryl methyl sites for hydroxylation is 1. The fraction of sp³-hybridized carbons (Fsp3) is 0.667. The molecule has 3 fully saturated rings. The third-order valence-corrected chi connectivity index (χ3v) is 5.19. The van der Waals surface area contributed by atoms with Crippen LogP contribution in [0.15, 0.2) is 18.3 Å². The maximum Gasteiger partial charge on any atom is 0.315 e. The number of piperidine rings is 1. The minimum absolute atomic E-state index is 0.163. The Bertz CT molecular complexity index is 637. The second-order valence-corrected chi connectivity index (χ2v) is 7.11. The van der Waals surface area contributed by atoms with Crippen LogP contribution in [0.5, 0.6) is 5.75 Å². The van der Waals surface area contributed by atoms with Crippen LogP contribution in [-0.4, -0.2) is 67.7 Å². The molecule has 0 aromatic carbocycles. The summed E-state index contributed by atoms with van der Waals surface area (Å²) in [6, 6.07) is 3.59. The van der Waals surface area contributed by atoms with Crippen molar-refractivity contribution in [2.75, 3.05) is 26.3 Å². The van der Waals surface area contributed by atoms with Gasteiger partial charge in [0.25, 0.3) is 0 Å². The van der Waals surface area contributed by atoms with Gasteiger partial charge in [-0.1, -0.05) is 0 Å². The summed E-state index contributed by atoms with van der Waals surface area (Å²) in [5.74, 6) is 0.740. The maximum absolute atomic E-state index is 12.3. The van der Waals surface area contributed by atoms with Crippen LogP contribution >= 0.6 is 0 Å². The normalized spacial score (nSPS) is 33.5. The van der Waals surface area contributed by atoms with Gasteiger partial charge in [0.15, 0.2) is 6.10 Å². The number of nitrogens with zero attached hydrogens (tertiary/aromatic N) is 1. The van der Waals surface area contributed by atoms with Gasteiger partial charge in [-0.2, -0.15) is 0 Å². The average Bonchev–Trinajstić information content (AvgIpc) is 3.21. The van der Waals surface area contributed by atoms with Crippen molar-refractivity contribution < 1.29 is 19.0 Å². The Hall–Kier alpha value is -1.90. The third-order valence-electron chi connectivity index (χ3n) is 5.19. The molecule has 3 aliphatic rings. The number of carbonyl (C=O) groups excluding carboxylic acids is 1. The van der Waals surface area contributed by atoms with Gasteiger partial charge in [-0.3, -0.25) is 4.98 Å². The number of rotatable bonds is 4. The van der Waals surface area contributed by atoms with E-state index >= 15 is 0 Å². The van der Waals surface area contributed by atoms with Crippen molar-refractivity contribution in [1.29, 1.82) is 0 Å². The lowest BCUT2D eigenvalue weighted by Gasteiger charge is -2.25. The van der Waals surface area contributed by atoms with Gasteiger partial charge in [0, 0.05) is 18.8 Å². The lowest BCUT2D eigenvalue weighted by molar-refractivity contribution is 0.0299. The zero-order valence-corrected chi connectivity index (χ0v) is 14.9. The molecule has 26 heavy (non-hydrogen) atoms. The van der Waals surface area contributed by atoms with Crippen LogP contribution in [0.1, 0.15) is 18.5 Å². The molecule has 3 N–H and O–H groups in total. The van der Waals surface area contributed by atoms with Gasteiger partial charge >= 0.3 is 6.03 Å². The molecule has 8 heteroatoms. The molecule has 0 bridgehead atoms. The standard InChI is InChI=1S/C18H26N4O4/c1-11-14(5-3-7-20-11)26-15-10-25-16-13(9-24-17(15)16)22-18(23)21-12-4-2-6-19-8-12/h3,5,7,12-13,15-17,19H,2,4,6,8-10H2,1H3,(H2,21,22,23)/t12?,13-,15-,16+,17+/m0/s1. The van der Waals surface area contributed by atoms with Gasteiger partial charge in [-0.05, 0) is 38.4 Å². The number of nitrogens with one attached hydrogen (secondary N) is 3. The van der Waals surface area contributed by atoms with Crippen LogP contribution in [0.4, 0.5) is 4.79 Å². The van der Waals surface area contributed by atoms with Crippen molar-refractivity contribution in [3.05, 3.63) is 24.0 Å². The van der Waals surface area contributed by atoms with Gasteiger partial charge in [-0.15, -0.1) is 0 Å². The van der Waals surface area contributed by atoms with Crippen LogP contribution in [0.3, 0.4) is 0 Å². The second kappa shape index (κ2) is 7.77. The molecule has 4 heterocycles. The van der Waals surface area contributed by atoms with Crippen molar-refractivity contribution in [2.45, 2.75) is 50.2 Å². The maximum atomic E-state index is 12.3. The van der Waals surface area contributed by atoms with Crippen molar-refractivity contribution in [1.82, 2.24) is 20.9 Å². The Morgan fingerprint density at radius 2 is 2.19 bits per heavy atom.